The number of benzene rings is 1. The zero-order valence-corrected chi connectivity index (χ0v) is 20.7. The van der Waals surface area contributed by atoms with Gasteiger partial charge in [-0.2, -0.15) is 5.10 Å². The lowest BCUT2D eigenvalue weighted by Gasteiger charge is -2.35. The fourth-order valence-corrected chi connectivity index (χ4v) is 4.70. The molecule has 1 aromatic carbocycles. The number of nitrogens with one attached hydrogen (secondary N) is 1. The first-order valence-corrected chi connectivity index (χ1v) is 12.0. The van der Waals surface area contributed by atoms with Gasteiger partial charge in [0.15, 0.2) is 23.0 Å². The molecule has 0 bridgehead atoms. The monoisotopic (exact) mass is 518 g/mol. The van der Waals surface area contributed by atoms with Gasteiger partial charge in [-0.3, -0.25) is 9.08 Å². The molecule has 1 aliphatic rings. The van der Waals surface area contributed by atoms with Crippen LogP contribution in [0, 0.1) is 11.6 Å². The Balaban J connectivity index is 1.24. The molecule has 0 amide bonds. The predicted molar refractivity (Wildman–Crippen MR) is 134 cm³/mol. The van der Waals surface area contributed by atoms with Gasteiger partial charge in [-0.1, -0.05) is 6.07 Å². The SMILES string of the molecule is CN1CC(Oc2c(F)cccc2F)CC(c2nnc3cc(-c4ccnc(Nc5ccnn5C)n4)ncn23)C1. The first-order chi connectivity index (χ1) is 18.4. The first kappa shape index (κ1) is 23.9. The zero-order valence-electron chi connectivity index (χ0n) is 20.7. The molecule has 1 saturated heterocycles. The van der Waals surface area contributed by atoms with E-state index in [1.165, 1.54) is 18.2 Å². The average molecular weight is 519 g/mol. The summed E-state index contributed by atoms with van der Waals surface area (Å²) in [6.07, 6.45) is 5.10. The molecule has 0 aliphatic carbocycles. The number of likely N-dealkylation sites (tertiary alicyclic amines) is 1. The highest BCUT2D eigenvalue weighted by atomic mass is 19.1. The lowest BCUT2D eigenvalue weighted by Crippen LogP contribution is -2.43. The molecule has 5 heterocycles. The summed E-state index contributed by atoms with van der Waals surface area (Å²) >= 11 is 0. The summed E-state index contributed by atoms with van der Waals surface area (Å²) in [5, 5.41) is 16.1. The molecule has 2 unspecified atom stereocenters. The summed E-state index contributed by atoms with van der Waals surface area (Å²) < 4.78 is 37.6. The maximum atomic E-state index is 14.2. The number of ether oxygens (including phenoxy) is 1. The Hall–Kier alpha value is -4.52. The number of nitrogens with zero attached hydrogens (tertiary/aromatic N) is 9. The van der Waals surface area contributed by atoms with Crippen LogP contribution in [0.15, 0.2) is 55.1 Å². The number of likely N-dealkylation sites (N-methyl/N-ethyl adjacent to an activating group) is 1. The molecule has 4 aromatic heterocycles. The van der Waals surface area contributed by atoms with E-state index in [9.17, 15) is 8.78 Å². The third-order valence-corrected chi connectivity index (χ3v) is 6.47. The molecule has 2 atom stereocenters. The van der Waals surface area contributed by atoms with Crippen LogP contribution in [0.5, 0.6) is 5.75 Å². The second-order valence-corrected chi connectivity index (χ2v) is 9.24. The standard InChI is InChI=1S/C25H24F2N10O/c1-35-12-15(10-16(13-35)38-23-17(26)4-3-5-18(23)27)24-34-33-22-11-20(29-14-37(22)24)19-6-8-28-25(31-19)32-21-7-9-30-36(21)2/h3-9,11,14-16H,10,12-13H2,1-2H3,(H,28,31,32). The summed E-state index contributed by atoms with van der Waals surface area (Å²) in [6, 6.07) is 9.09. The maximum absolute atomic E-state index is 14.2. The molecule has 0 saturated carbocycles. The highest BCUT2D eigenvalue weighted by molar-refractivity contribution is 5.61. The van der Waals surface area contributed by atoms with Gasteiger partial charge in [-0.15, -0.1) is 10.2 Å². The van der Waals surface area contributed by atoms with Crippen LogP contribution in [0.2, 0.25) is 0 Å². The highest BCUT2D eigenvalue weighted by Gasteiger charge is 2.32. The Morgan fingerprint density at radius 1 is 0.974 bits per heavy atom. The minimum atomic E-state index is -0.720. The van der Waals surface area contributed by atoms with Gasteiger partial charge in [0.05, 0.1) is 17.6 Å². The quantitative estimate of drug-likeness (QED) is 0.362. The van der Waals surface area contributed by atoms with Crippen LogP contribution >= 0.6 is 0 Å². The number of para-hydroxylation sites is 1. The van der Waals surface area contributed by atoms with E-state index in [0.29, 0.717) is 48.3 Å². The number of aromatic nitrogens is 8. The number of rotatable bonds is 6. The number of hydrogen-bond acceptors (Lipinski definition) is 9. The number of piperidine rings is 1. The van der Waals surface area contributed by atoms with Crippen LogP contribution in [0.3, 0.4) is 0 Å². The van der Waals surface area contributed by atoms with Gasteiger partial charge in [0.25, 0.3) is 0 Å². The van der Waals surface area contributed by atoms with E-state index in [2.05, 4.69) is 40.5 Å². The summed E-state index contributed by atoms with van der Waals surface area (Å²) in [4.78, 5) is 15.5. The van der Waals surface area contributed by atoms with Crippen LogP contribution in [0.1, 0.15) is 18.2 Å². The van der Waals surface area contributed by atoms with E-state index in [-0.39, 0.29) is 11.7 Å². The van der Waals surface area contributed by atoms with E-state index in [0.717, 1.165) is 5.82 Å². The van der Waals surface area contributed by atoms with Crippen LogP contribution in [0.25, 0.3) is 17.0 Å². The molecule has 1 N–H and O–H groups in total. The summed E-state index contributed by atoms with van der Waals surface area (Å²) in [5.41, 5.74) is 1.84. The van der Waals surface area contributed by atoms with Gasteiger partial charge < -0.3 is 15.0 Å². The second kappa shape index (κ2) is 9.74. The van der Waals surface area contributed by atoms with E-state index in [4.69, 9.17) is 4.74 Å². The largest absolute Gasteiger partial charge is 0.483 e. The van der Waals surface area contributed by atoms with Crippen molar-refractivity contribution in [1.82, 2.24) is 44.2 Å². The van der Waals surface area contributed by atoms with Crippen molar-refractivity contribution in [3.05, 3.63) is 72.6 Å². The predicted octanol–water partition coefficient (Wildman–Crippen LogP) is 3.20. The maximum Gasteiger partial charge on any atom is 0.228 e. The van der Waals surface area contributed by atoms with Crippen LogP contribution < -0.4 is 10.1 Å². The number of halogens is 2. The number of hydrogen-bond donors (Lipinski definition) is 1. The molecular weight excluding hydrogens is 494 g/mol. The van der Waals surface area contributed by atoms with Gasteiger partial charge in [-0.25, -0.2) is 23.7 Å². The molecular formula is C25H24F2N10O. The van der Waals surface area contributed by atoms with E-state index in [1.54, 1.807) is 29.5 Å². The van der Waals surface area contributed by atoms with E-state index >= 15 is 0 Å². The first-order valence-electron chi connectivity index (χ1n) is 12.0. The number of anilines is 2. The van der Waals surface area contributed by atoms with E-state index in [1.807, 2.05) is 30.6 Å². The summed E-state index contributed by atoms with van der Waals surface area (Å²) in [7, 11) is 3.76. The smallest absolute Gasteiger partial charge is 0.228 e. The topological polar surface area (TPSA) is 111 Å². The molecule has 11 nitrogen and oxygen atoms in total. The molecule has 5 aromatic rings. The molecule has 13 heteroatoms. The fourth-order valence-electron chi connectivity index (χ4n) is 4.70. The Bertz CT molecular complexity index is 1580. The van der Waals surface area contributed by atoms with Gasteiger partial charge in [0.1, 0.15) is 24.1 Å². The van der Waals surface area contributed by atoms with Gasteiger partial charge in [0, 0.05) is 44.4 Å². The minimum Gasteiger partial charge on any atom is -0.483 e. The van der Waals surface area contributed by atoms with Crippen molar-refractivity contribution in [2.45, 2.75) is 18.4 Å². The van der Waals surface area contributed by atoms with Crippen LogP contribution in [0.4, 0.5) is 20.5 Å². The normalized spacial score (nSPS) is 18.1. The van der Waals surface area contributed by atoms with Crippen molar-refractivity contribution in [2.24, 2.45) is 7.05 Å². The highest BCUT2D eigenvalue weighted by Crippen LogP contribution is 2.30. The van der Waals surface area contributed by atoms with Crippen LogP contribution in [-0.4, -0.2) is 70.5 Å². The second-order valence-electron chi connectivity index (χ2n) is 9.24. The lowest BCUT2D eigenvalue weighted by molar-refractivity contribution is 0.0820. The van der Waals surface area contributed by atoms with Crippen molar-refractivity contribution in [1.29, 1.82) is 0 Å². The lowest BCUT2D eigenvalue weighted by atomic mass is 9.95. The Kier molecular flexibility index (Phi) is 6.12. The Morgan fingerprint density at radius 2 is 1.82 bits per heavy atom. The Morgan fingerprint density at radius 3 is 2.61 bits per heavy atom. The number of aryl methyl sites for hydroxylation is 1. The van der Waals surface area contributed by atoms with E-state index < -0.39 is 17.7 Å². The molecule has 0 radical (unpaired) electrons. The summed E-state index contributed by atoms with van der Waals surface area (Å²) in [6.45, 7) is 1.23. The molecule has 1 aliphatic heterocycles. The van der Waals surface area contributed by atoms with Crippen molar-refractivity contribution >= 4 is 17.4 Å². The van der Waals surface area contributed by atoms with Gasteiger partial charge in [-0.05, 0) is 31.7 Å². The molecule has 1 fully saturated rings. The minimum absolute atomic E-state index is 0.0787. The third-order valence-electron chi connectivity index (χ3n) is 6.47. The van der Waals surface area contributed by atoms with Crippen molar-refractivity contribution in [2.75, 3.05) is 25.5 Å². The molecule has 6 rings (SSSR count). The molecule has 38 heavy (non-hydrogen) atoms. The Labute approximate surface area is 216 Å². The summed E-state index contributed by atoms with van der Waals surface area (Å²) in [5.74, 6) is -0.00110. The van der Waals surface area contributed by atoms with Crippen molar-refractivity contribution < 1.29 is 13.5 Å². The van der Waals surface area contributed by atoms with Gasteiger partial charge in [0.2, 0.25) is 5.95 Å². The zero-order chi connectivity index (χ0) is 26.2. The average Bonchev–Trinajstić information content (AvgIpc) is 3.51. The molecule has 0 spiro atoms. The van der Waals surface area contributed by atoms with Gasteiger partial charge >= 0.3 is 0 Å². The fraction of sp³-hybridized carbons (Fsp3) is 0.280. The van der Waals surface area contributed by atoms with Crippen molar-refractivity contribution in [3.63, 3.8) is 0 Å². The number of fused-ring (bicyclic) bond motifs is 1. The van der Waals surface area contributed by atoms with Crippen LogP contribution in [-0.2, 0) is 7.05 Å². The molecule has 194 valence electrons. The van der Waals surface area contributed by atoms with Crippen molar-refractivity contribution in [3.8, 4) is 17.1 Å². The third kappa shape index (κ3) is 4.63.